The van der Waals surface area contributed by atoms with Gasteiger partial charge in [-0.05, 0) is 44.1 Å². The molecular weight excluding hydrogens is 308 g/mol. The topological polar surface area (TPSA) is 62.2 Å². The standard InChI is InChI=1S/C18H32N2O4/c1-23-14-17(22)19-7-4-18(5-8-19)6-9-20(12-15(18)13-21)16-2-10-24-11-3-16/h15-16,21H,2-14H2,1H3. The van der Waals surface area contributed by atoms with Crippen LogP contribution in [-0.2, 0) is 14.3 Å². The van der Waals surface area contributed by atoms with E-state index in [9.17, 15) is 9.90 Å². The number of likely N-dealkylation sites (tertiary alicyclic amines) is 2. The first-order valence-corrected chi connectivity index (χ1v) is 9.38. The number of ether oxygens (including phenoxy) is 2. The van der Waals surface area contributed by atoms with Crippen LogP contribution < -0.4 is 0 Å². The fourth-order valence-corrected chi connectivity index (χ4v) is 4.85. The molecule has 0 aliphatic carbocycles. The maximum absolute atomic E-state index is 12.0. The number of hydrogen-bond acceptors (Lipinski definition) is 5. The lowest BCUT2D eigenvalue weighted by atomic mass is 9.64. The number of nitrogens with zero attached hydrogens (tertiary/aromatic N) is 2. The monoisotopic (exact) mass is 340 g/mol. The zero-order valence-corrected chi connectivity index (χ0v) is 14.9. The lowest BCUT2D eigenvalue weighted by molar-refractivity contribution is -0.140. The highest BCUT2D eigenvalue weighted by atomic mass is 16.5. The first-order chi connectivity index (χ1) is 11.7. The number of aliphatic hydroxyl groups excluding tert-OH is 1. The Hall–Kier alpha value is -0.690. The summed E-state index contributed by atoms with van der Waals surface area (Å²) in [5.41, 5.74) is 0.209. The molecule has 1 atom stereocenters. The Morgan fingerprint density at radius 3 is 2.50 bits per heavy atom. The molecule has 0 saturated carbocycles. The molecule has 6 heteroatoms. The van der Waals surface area contributed by atoms with Gasteiger partial charge in [-0.3, -0.25) is 9.69 Å². The third kappa shape index (κ3) is 3.77. The van der Waals surface area contributed by atoms with Crippen molar-refractivity contribution in [2.24, 2.45) is 11.3 Å². The number of hydrogen-bond donors (Lipinski definition) is 1. The second-order valence-electron chi connectivity index (χ2n) is 7.64. The summed E-state index contributed by atoms with van der Waals surface area (Å²) < 4.78 is 10.5. The van der Waals surface area contributed by atoms with Gasteiger partial charge in [0.2, 0.25) is 5.91 Å². The van der Waals surface area contributed by atoms with E-state index in [1.807, 2.05) is 4.90 Å². The number of aliphatic hydroxyl groups is 1. The molecule has 0 aromatic carbocycles. The third-order valence-corrected chi connectivity index (χ3v) is 6.53. The van der Waals surface area contributed by atoms with E-state index in [2.05, 4.69) is 4.90 Å². The van der Waals surface area contributed by atoms with Gasteiger partial charge < -0.3 is 19.5 Å². The van der Waals surface area contributed by atoms with Gasteiger partial charge in [-0.15, -0.1) is 0 Å². The smallest absolute Gasteiger partial charge is 0.248 e. The van der Waals surface area contributed by atoms with E-state index in [4.69, 9.17) is 9.47 Å². The number of piperidine rings is 2. The number of carbonyl (C=O) groups excluding carboxylic acids is 1. The highest BCUT2D eigenvalue weighted by Crippen LogP contribution is 2.45. The molecule has 0 radical (unpaired) electrons. The van der Waals surface area contributed by atoms with Crippen molar-refractivity contribution in [3.05, 3.63) is 0 Å². The molecule has 1 amide bonds. The predicted molar refractivity (Wildman–Crippen MR) is 90.7 cm³/mol. The van der Waals surface area contributed by atoms with Crippen molar-refractivity contribution < 1.29 is 19.4 Å². The summed E-state index contributed by atoms with van der Waals surface area (Å²) in [5.74, 6) is 0.418. The molecule has 3 heterocycles. The normalized spacial score (nSPS) is 29.1. The fraction of sp³-hybridized carbons (Fsp3) is 0.944. The second-order valence-corrected chi connectivity index (χ2v) is 7.64. The minimum atomic E-state index is 0.0903. The highest BCUT2D eigenvalue weighted by molar-refractivity contribution is 5.77. The van der Waals surface area contributed by atoms with Crippen LogP contribution in [0.3, 0.4) is 0 Å². The number of amides is 1. The maximum Gasteiger partial charge on any atom is 0.248 e. The Labute approximate surface area is 145 Å². The van der Waals surface area contributed by atoms with Gasteiger partial charge in [-0.1, -0.05) is 0 Å². The van der Waals surface area contributed by atoms with Gasteiger partial charge in [0.15, 0.2) is 0 Å². The first-order valence-electron chi connectivity index (χ1n) is 9.38. The van der Waals surface area contributed by atoms with Gasteiger partial charge in [0.1, 0.15) is 6.61 Å². The molecule has 1 spiro atoms. The maximum atomic E-state index is 12.0. The average molecular weight is 340 g/mol. The summed E-state index contributed by atoms with van der Waals surface area (Å²) in [6.45, 7) is 5.88. The van der Waals surface area contributed by atoms with Gasteiger partial charge in [0.25, 0.3) is 0 Å². The highest BCUT2D eigenvalue weighted by Gasteiger charge is 2.46. The molecule has 0 aromatic rings. The minimum absolute atomic E-state index is 0.0903. The van der Waals surface area contributed by atoms with Crippen LogP contribution in [0, 0.1) is 11.3 Å². The summed E-state index contributed by atoms with van der Waals surface area (Å²) in [7, 11) is 1.57. The minimum Gasteiger partial charge on any atom is -0.396 e. The van der Waals surface area contributed by atoms with E-state index in [0.29, 0.717) is 12.0 Å². The van der Waals surface area contributed by atoms with Crippen molar-refractivity contribution >= 4 is 5.91 Å². The molecular formula is C18H32N2O4. The molecule has 0 aromatic heterocycles. The van der Waals surface area contributed by atoms with E-state index < -0.39 is 0 Å². The summed E-state index contributed by atoms with van der Waals surface area (Å²) in [5, 5.41) is 10.0. The number of methoxy groups -OCH3 is 1. The molecule has 6 nitrogen and oxygen atoms in total. The van der Waals surface area contributed by atoms with Crippen LogP contribution in [0.5, 0.6) is 0 Å². The third-order valence-electron chi connectivity index (χ3n) is 6.53. The summed E-state index contributed by atoms with van der Waals surface area (Å²) in [6, 6.07) is 0.619. The van der Waals surface area contributed by atoms with Gasteiger partial charge in [0, 0.05) is 58.5 Å². The Morgan fingerprint density at radius 2 is 1.88 bits per heavy atom. The van der Waals surface area contributed by atoms with Crippen LogP contribution >= 0.6 is 0 Å². The molecule has 3 rings (SSSR count). The molecule has 3 aliphatic heterocycles. The lowest BCUT2D eigenvalue weighted by Gasteiger charge is -2.53. The predicted octanol–water partition coefficient (Wildman–Crippen LogP) is 0.735. The van der Waals surface area contributed by atoms with Crippen molar-refractivity contribution in [1.82, 2.24) is 9.80 Å². The van der Waals surface area contributed by atoms with Gasteiger partial charge in [-0.2, -0.15) is 0 Å². The molecule has 0 bridgehead atoms. The van der Waals surface area contributed by atoms with E-state index in [-0.39, 0.29) is 24.5 Å². The molecule has 3 fully saturated rings. The van der Waals surface area contributed by atoms with Crippen LogP contribution in [0.25, 0.3) is 0 Å². The molecule has 24 heavy (non-hydrogen) atoms. The van der Waals surface area contributed by atoms with E-state index in [0.717, 1.165) is 71.5 Å². The molecule has 1 N–H and O–H groups in total. The summed E-state index contributed by atoms with van der Waals surface area (Å²) in [6.07, 6.45) is 5.39. The van der Waals surface area contributed by atoms with E-state index in [1.54, 1.807) is 7.11 Å². The van der Waals surface area contributed by atoms with Crippen LogP contribution in [0.4, 0.5) is 0 Å². The lowest BCUT2D eigenvalue weighted by Crippen LogP contribution is -2.56. The van der Waals surface area contributed by atoms with Crippen molar-refractivity contribution in [2.45, 2.75) is 38.1 Å². The Morgan fingerprint density at radius 1 is 1.21 bits per heavy atom. The van der Waals surface area contributed by atoms with Gasteiger partial charge in [0.05, 0.1) is 0 Å². The van der Waals surface area contributed by atoms with E-state index >= 15 is 0 Å². The van der Waals surface area contributed by atoms with Crippen LogP contribution in [0.1, 0.15) is 32.1 Å². The van der Waals surface area contributed by atoms with Crippen LogP contribution in [0.15, 0.2) is 0 Å². The SMILES string of the molecule is COCC(=O)N1CCC2(CC1)CCN(C1CCOCC1)CC2CO. The van der Waals surface area contributed by atoms with Crippen molar-refractivity contribution in [1.29, 1.82) is 0 Å². The van der Waals surface area contributed by atoms with Crippen molar-refractivity contribution in [3.63, 3.8) is 0 Å². The quantitative estimate of drug-likeness (QED) is 0.818. The van der Waals surface area contributed by atoms with Gasteiger partial charge >= 0.3 is 0 Å². The Bertz CT molecular complexity index is 417. The first kappa shape index (κ1) is 18.1. The van der Waals surface area contributed by atoms with Crippen molar-refractivity contribution in [3.8, 4) is 0 Å². The largest absolute Gasteiger partial charge is 0.396 e. The van der Waals surface area contributed by atoms with Gasteiger partial charge in [-0.25, -0.2) is 0 Å². The summed E-state index contributed by atoms with van der Waals surface area (Å²) in [4.78, 5) is 16.5. The number of rotatable bonds is 4. The van der Waals surface area contributed by atoms with Crippen LogP contribution in [0.2, 0.25) is 0 Å². The fourth-order valence-electron chi connectivity index (χ4n) is 4.85. The Balaban J connectivity index is 1.57. The van der Waals surface area contributed by atoms with E-state index in [1.165, 1.54) is 0 Å². The van der Waals surface area contributed by atoms with Crippen molar-refractivity contribution in [2.75, 3.05) is 59.7 Å². The molecule has 3 saturated heterocycles. The Kier molecular flexibility index (Phi) is 6.13. The zero-order chi connectivity index (χ0) is 17.0. The zero-order valence-electron chi connectivity index (χ0n) is 14.9. The van der Waals surface area contributed by atoms with Crippen LogP contribution in [-0.4, -0.2) is 86.6 Å². The molecule has 3 aliphatic rings. The second kappa shape index (κ2) is 8.13. The number of carbonyl (C=O) groups is 1. The molecule has 1 unspecified atom stereocenters. The molecule has 138 valence electrons. The summed E-state index contributed by atoms with van der Waals surface area (Å²) >= 11 is 0. The average Bonchev–Trinajstić information content (AvgIpc) is 2.63.